The Balaban J connectivity index is 1.82. The molecule has 24 heavy (non-hydrogen) atoms. The van der Waals surface area contributed by atoms with E-state index in [1.807, 2.05) is 6.07 Å². The highest BCUT2D eigenvalue weighted by Crippen LogP contribution is 2.23. The molecule has 128 valence electrons. The molecule has 0 radical (unpaired) electrons. The molecule has 1 aliphatic heterocycles. The van der Waals surface area contributed by atoms with Crippen LogP contribution >= 0.6 is 0 Å². The molecule has 1 atom stereocenters. The molecule has 1 saturated heterocycles. The zero-order chi connectivity index (χ0) is 16.9. The minimum Gasteiger partial charge on any atom is -0.355 e. The van der Waals surface area contributed by atoms with Gasteiger partial charge in [0.1, 0.15) is 0 Å². The molecule has 1 unspecified atom stereocenters. The Bertz CT molecular complexity index is 643. The first-order valence-corrected chi connectivity index (χ1v) is 8.88. The predicted octanol–water partition coefficient (Wildman–Crippen LogP) is 3.52. The van der Waals surface area contributed by atoms with E-state index in [2.05, 4.69) is 65.0 Å². The van der Waals surface area contributed by atoms with E-state index in [1.54, 1.807) is 6.20 Å². The fraction of sp³-hybridized carbons (Fsp3) is 0.526. The van der Waals surface area contributed by atoms with Crippen LogP contribution in [-0.2, 0) is 6.54 Å². The van der Waals surface area contributed by atoms with Crippen LogP contribution in [0.5, 0.6) is 0 Å². The molecule has 1 aromatic heterocycles. The smallest absolute Gasteiger partial charge is 0.247 e. The van der Waals surface area contributed by atoms with E-state index in [-0.39, 0.29) is 0 Å². The molecule has 0 N–H and O–H groups in total. The minimum atomic E-state index is 0.308. The average molecular weight is 325 g/mol. The lowest BCUT2D eigenvalue weighted by Gasteiger charge is -2.32. The van der Waals surface area contributed by atoms with Crippen molar-refractivity contribution in [2.75, 3.05) is 22.9 Å². The van der Waals surface area contributed by atoms with E-state index in [0.717, 1.165) is 25.5 Å². The van der Waals surface area contributed by atoms with Crippen molar-refractivity contribution in [2.45, 2.75) is 46.2 Å². The van der Waals surface area contributed by atoms with Crippen molar-refractivity contribution >= 4 is 11.8 Å². The summed E-state index contributed by atoms with van der Waals surface area (Å²) >= 11 is 0. The fourth-order valence-corrected chi connectivity index (χ4v) is 3.22. The summed E-state index contributed by atoms with van der Waals surface area (Å²) < 4.78 is 0. The minimum absolute atomic E-state index is 0.308. The van der Waals surface area contributed by atoms with Gasteiger partial charge in [0.05, 0.1) is 6.20 Å². The number of hydrogen-bond donors (Lipinski definition) is 0. The van der Waals surface area contributed by atoms with Crippen LogP contribution in [0, 0.1) is 5.92 Å². The summed E-state index contributed by atoms with van der Waals surface area (Å²) in [6.45, 7) is 9.54. The van der Waals surface area contributed by atoms with E-state index in [9.17, 15) is 0 Å². The second-order valence-corrected chi connectivity index (χ2v) is 7.02. The van der Waals surface area contributed by atoms with E-state index in [0.29, 0.717) is 17.9 Å². The van der Waals surface area contributed by atoms with Gasteiger partial charge in [0.15, 0.2) is 5.82 Å². The molecule has 0 saturated carbocycles. The summed E-state index contributed by atoms with van der Waals surface area (Å²) in [7, 11) is 0. The lowest BCUT2D eigenvalue weighted by atomic mass is 10.0. The van der Waals surface area contributed by atoms with Gasteiger partial charge in [-0.05, 0) is 38.2 Å². The normalized spacial score (nSPS) is 18.0. The third kappa shape index (κ3) is 4.02. The molecule has 1 fully saturated rings. The first-order valence-electron chi connectivity index (χ1n) is 8.88. The summed E-state index contributed by atoms with van der Waals surface area (Å²) in [5.74, 6) is 2.37. The standard InChI is InChI=1S/C19H27N5/c1-15(2)24(14-17-9-5-4-6-10-17)19-21-18(12-20-22-19)23-11-7-8-16(3)13-23/h4-6,9-10,12,15-16H,7-8,11,13-14H2,1-3H3. The Kier molecular flexibility index (Phi) is 5.28. The van der Waals surface area contributed by atoms with Gasteiger partial charge in [0.25, 0.3) is 0 Å². The third-order valence-corrected chi connectivity index (χ3v) is 4.59. The van der Waals surface area contributed by atoms with Crippen molar-refractivity contribution in [3.63, 3.8) is 0 Å². The SMILES string of the molecule is CC1CCCN(c2cnnc(N(Cc3ccccc3)C(C)C)n2)C1. The Morgan fingerprint density at radius 1 is 1.25 bits per heavy atom. The van der Waals surface area contributed by atoms with E-state index >= 15 is 0 Å². The second-order valence-electron chi connectivity index (χ2n) is 7.02. The zero-order valence-electron chi connectivity index (χ0n) is 14.9. The van der Waals surface area contributed by atoms with Crippen molar-refractivity contribution in [1.29, 1.82) is 0 Å². The summed E-state index contributed by atoms with van der Waals surface area (Å²) in [5, 5.41) is 8.54. The van der Waals surface area contributed by atoms with Gasteiger partial charge in [0, 0.05) is 25.7 Å². The van der Waals surface area contributed by atoms with Crippen LogP contribution in [0.1, 0.15) is 39.2 Å². The Morgan fingerprint density at radius 3 is 2.75 bits per heavy atom. The molecule has 2 aromatic rings. The lowest BCUT2D eigenvalue weighted by Crippen LogP contribution is -2.36. The molecule has 0 aliphatic carbocycles. The molecule has 1 aliphatic rings. The van der Waals surface area contributed by atoms with Crippen LogP contribution in [0.3, 0.4) is 0 Å². The van der Waals surface area contributed by atoms with Gasteiger partial charge >= 0.3 is 0 Å². The van der Waals surface area contributed by atoms with E-state index in [1.165, 1.54) is 18.4 Å². The number of hydrogen-bond acceptors (Lipinski definition) is 5. The molecular formula is C19H27N5. The highest BCUT2D eigenvalue weighted by molar-refractivity contribution is 5.43. The first-order chi connectivity index (χ1) is 11.6. The zero-order valence-corrected chi connectivity index (χ0v) is 14.9. The van der Waals surface area contributed by atoms with Crippen LogP contribution in [0.25, 0.3) is 0 Å². The summed E-state index contributed by atoms with van der Waals surface area (Å²) in [5.41, 5.74) is 1.26. The number of anilines is 2. The van der Waals surface area contributed by atoms with Crippen LogP contribution in [0.4, 0.5) is 11.8 Å². The molecule has 0 bridgehead atoms. The summed E-state index contributed by atoms with van der Waals surface area (Å²) in [6.07, 6.45) is 4.31. The molecule has 2 heterocycles. The molecule has 0 spiro atoms. The Hall–Kier alpha value is -2.17. The van der Waals surface area contributed by atoms with Gasteiger partial charge in [-0.15, -0.1) is 5.10 Å². The van der Waals surface area contributed by atoms with Crippen LogP contribution in [0.15, 0.2) is 36.5 Å². The number of aromatic nitrogens is 3. The third-order valence-electron chi connectivity index (χ3n) is 4.59. The highest BCUT2D eigenvalue weighted by atomic mass is 15.4. The number of rotatable bonds is 5. The Morgan fingerprint density at radius 2 is 2.04 bits per heavy atom. The summed E-state index contributed by atoms with van der Waals surface area (Å²) in [6, 6.07) is 10.8. The summed E-state index contributed by atoms with van der Waals surface area (Å²) in [4.78, 5) is 9.38. The first kappa shape index (κ1) is 16.7. The number of piperidine rings is 1. The van der Waals surface area contributed by atoms with Crippen LogP contribution in [0.2, 0.25) is 0 Å². The van der Waals surface area contributed by atoms with Crippen LogP contribution in [-0.4, -0.2) is 34.3 Å². The molecule has 1 aromatic carbocycles. The largest absolute Gasteiger partial charge is 0.355 e. The van der Waals surface area contributed by atoms with Gasteiger partial charge in [0.2, 0.25) is 5.95 Å². The van der Waals surface area contributed by atoms with Crippen molar-refractivity contribution in [3.05, 3.63) is 42.1 Å². The predicted molar refractivity (Wildman–Crippen MR) is 98.2 cm³/mol. The van der Waals surface area contributed by atoms with Crippen molar-refractivity contribution < 1.29 is 0 Å². The van der Waals surface area contributed by atoms with E-state index < -0.39 is 0 Å². The van der Waals surface area contributed by atoms with E-state index in [4.69, 9.17) is 4.98 Å². The van der Waals surface area contributed by atoms with Gasteiger partial charge in [-0.1, -0.05) is 37.3 Å². The van der Waals surface area contributed by atoms with Crippen LogP contribution < -0.4 is 9.80 Å². The number of benzene rings is 1. The molecule has 5 nitrogen and oxygen atoms in total. The van der Waals surface area contributed by atoms with Crippen molar-refractivity contribution in [3.8, 4) is 0 Å². The maximum Gasteiger partial charge on any atom is 0.247 e. The lowest BCUT2D eigenvalue weighted by molar-refractivity contribution is 0.443. The Labute approximate surface area is 144 Å². The highest BCUT2D eigenvalue weighted by Gasteiger charge is 2.20. The molecule has 0 amide bonds. The maximum absolute atomic E-state index is 4.83. The van der Waals surface area contributed by atoms with Gasteiger partial charge < -0.3 is 9.80 Å². The maximum atomic E-state index is 4.83. The van der Waals surface area contributed by atoms with Crippen molar-refractivity contribution in [1.82, 2.24) is 15.2 Å². The van der Waals surface area contributed by atoms with Gasteiger partial charge in [-0.25, -0.2) is 0 Å². The number of nitrogens with zero attached hydrogens (tertiary/aromatic N) is 5. The molecule has 5 heteroatoms. The van der Waals surface area contributed by atoms with Crippen molar-refractivity contribution in [2.24, 2.45) is 5.92 Å². The van der Waals surface area contributed by atoms with Gasteiger partial charge in [-0.3, -0.25) is 0 Å². The topological polar surface area (TPSA) is 45.2 Å². The monoisotopic (exact) mass is 325 g/mol. The second kappa shape index (κ2) is 7.60. The molecule has 3 rings (SSSR count). The quantitative estimate of drug-likeness (QED) is 0.841. The average Bonchev–Trinajstić information content (AvgIpc) is 2.60. The van der Waals surface area contributed by atoms with Gasteiger partial charge in [-0.2, -0.15) is 10.1 Å². The molecular weight excluding hydrogens is 298 g/mol. The fourth-order valence-electron chi connectivity index (χ4n) is 3.22.